The molecule has 2 amide bonds. The maximum absolute atomic E-state index is 14.5. The van der Waals surface area contributed by atoms with E-state index >= 15 is 0 Å². The van der Waals surface area contributed by atoms with Crippen LogP contribution in [0, 0.1) is 5.82 Å². The van der Waals surface area contributed by atoms with Crippen LogP contribution in [-0.4, -0.2) is 43.8 Å². The number of amides is 2. The number of rotatable bonds is 12. The van der Waals surface area contributed by atoms with Crippen LogP contribution in [0.2, 0.25) is 10.0 Å². The zero-order valence-electron chi connectivity index (χ0n) is 25.0. The highest BCUT2D eigenvalue weighted by molar-refractivity contribution is 7.92. The first-order valence-electron chi connectivity index (χ1n) is 15.0. The predicted molar refractivity (Wildman–Crippen MR) is 179 cm³/mol. The van der Waals surface area contributed by atoms with E-state index < -0.39 is 34.3 Å². The number of carbonyl (C=O) groups is 2. The van der Waals surface area contributed by atoms with Gasteiger partial charge in [0.05, 0.1) is 10.6 Å². The van der Waals surface area contributed by atoms with E-state index in [1.165, 1.54) is 29.2 Å². The van der Waals surface area contributed by atoms with Crippen molar-refractivity contribution in [3.05, 3.63) is 130 Å². The number of halogens is 3. The van der Waals surface area contributed by atoms with Gasteiger partial charge in [0.1, 0.15) is 18.4 Å². The number of hydrogen-bond acceptors (Lipinski definition) is 4. The van der Waals surface area contributed by atoms with Crippen molar-refractivity contribution in [3.8, 4) is 0 Å². The van der Waals surface area contributed by atoms with Gasteiger partial charge in [0.15, 0.2) is 0 Å². The van der Waals surface area contributed by atoms with E-state index in [0.29, 0.717) is 15.6 Å². The molecule has 1 fully saturated rings. The van der Waals surface area contributed by atoms with Gasteiger partial charge in [-0.1, -0.05) is 90.6 Å². The summed E-state index contributed by atoms with van der Waals surface area (Å²) in [6.45, 7) is -0.747. The third-order valence-corrected chi connectivity index (χ3v) is 10.4. The lowest BCUT2D eigenvalue weighted by molar-refractivity contribution is -0.140. The Morgan fingerprint density at radius 3 is 2.13 bits per heavy atom. The molecule has 1 N–H and O–H groups in total. The molecule has 0 bridgehead atoms. The fourth-order valence-electron chi connectivity index (χ4n) is 5.61. The van der Waals surface area contributed by atoms with Gasteiger partial charge in [-0.25, -0.2) is 12.8 Å². The molecule has 1 saturated carbocycles. The van der Waals surface area contributed by atoms with Gasteiger partial charge in [-0.15, -0.1) is 0 Å². The molecule has 4 aromatic rings. The number of nitrogens with one attached hydrogen (secondary N) is 1. The first-order chi connectivity index (χ1) is 22.1. The SMILES string of the molecule is O=C(NC1CCCC1)[C@H](Cc1ccccc1)N(Cc1ccc(Cl)cc1Cl)C(=O)CN(c1ccc(F)cc1)S(=O)(=O)c1ccccc1. The third kappa shape index (κ3) is 8.26. The second-order valence-corrected chi connectivity index (χ2v) is 14.0. The Labute approximate surface area is 279 Å². The Hall–Kier alpha value is -3.92. The second kappa shape index (κ2) is 15.1. The van der Waals surface area contributed by atoms with Crippen LogP contribution in [0.5, 0.6) is 0 Å². The first kappa shape index (κ1) is 33.4. The molecule has 0 aliphatic heterocycles. The maximum atomic E-state index is 14.5. The van der Waals surface area contributed by atoms with Crippen LogP contribution in [0.4, 0.5) is 10.1 Å². The standard InChI is InChI=1S/C35H34Cl2FN3O4S/c36-27-16-15-26(32(37)22-27)23-40(33(21-25-9-3-1-4-10-25)35(43)39-29-11-7-8-12-29)34(42)24-41(30-19-17-28(38)18-20-30)46(44,45)31-13-5-2-6-14-31/h1-6,9-10,13-20,22,29,33H,7-8,11-12,21,23-24H2,(H,39,43)/t33-/m0/s1. The highest BCUT2D eigenvalue weighted by Crippen LogP contribution is 2.28. The molecule has 7 nitrogen and oxygen atoms in total. The quantitative estimate of drug-likeness (QED) is 0.174. The lowest BCUT2D eigenvalue weighted by Gasteiger charge is -2.34. The van der Waals surface area contributed by atoms with Crippen molar-refractivity contribution < 1.29 is 22.4 Å². The Balaban J connectivity index is 1.57. The van der Waals surface area contributed by atoms with Gasteiger partial charge in [0.2, 0.25) is 11.8 Å². The van der Waals surface area contributed by atoms with Gasteiger partial charge in [0, 0.05) is 29.1 Å². The molecule has 0 unspecified atom stereocenters. The molecule has 1 aliphatic rings. The average Bonchev–Trinajstić information content (AvgIpc) is 3.57. The number of benzene rings is 4. The highest BCUT2D eigenvalue weighted by Gasteiger charge is 2.35. The average molecular weight is 683 g/mol. The molecule has 1 atom stereocenters. The monoisotopic (exact) mass is 681 g/mol. The lowest BCUT2D eigenvalue weighted by atomic mass is 10.0. The Morgan fingerprint density at radius 2 is 1.50 bits per heavy atom. The largest absolute Gasteiger partial charge is 0.352 e. The van der Waals surface area contributed by atoms with Gasteiger partial charge in [0.25, 0.3) is 10.0 Å². The van der Waals surface area contributed by atoms with Crippen LogP contribution in [0.25, 0.3) is 0 Å². The summed E-state index contributed by atoms with van der Waals surface area (Å²) in [5, 5.41) is 3.83. The molecule has 1 aliphatic carbocycles. The first-order valence-corrected chi connectivity index (χ1v) is 17.2. The summed E-state index contributed by atoms with van der Waals surface area (Å²) >= 11 is 12.7. The van der Waals surface area contributed by atoms with Crippen molar-refractivity contribution in [2.24, 2.45) is 0 Å². The van der Waals surface area contributed by atoms with Crippen LogP contribution >= 0.6 is 23.2 Å². The van der Waals surface area contributed by atoms with Crippen molar-refractivity contribution in [1.82, 2.24) is 10.2 Å². The van der Waals surface area contributed by atoms with E-state index in [0.717, 1.165) is 47.7 Å². The number of nitrogens with zero attached hydrogens (tertiary/aromatic N) is 2. The minimum absolute atomic E-state index is 0.0176. The zero-order chi connectivity index (χ0) is 32.7. The Bertz CT molecular complexity index is 1750. The molecule has 46 heavy (non-hydrogen) atoms. The smallest absolute Gasteiger partial charge is 0.264 e. The summed E-state index contributed by atoms with van der Waals surface area (Å²) in [5.74, 6) is -1.54. The zero-order valence-corrected chi connectivity index (χ0v) is 27.3. The Morgan fingerprint density at radius 1 is 0.870 bits per heavy atom. The molecular formula is C35H34Cl2FN3O4S. The van der Waals surface area contributed by atoms with E-state index in [-0.39, 0.29) is 35.5 Å². The van der Waals surface area contributed by atoms with E-state index in [9.17, 15) is 22.4 Å². The summed E-state index contributed by atoms with van der Waals surface area (Å²) in [5.41, 5.74) is 1.45. The molecular weight excluding hydrogens is 648 g/mol. The Kier molecular flexibility index (Phi) is 11.0. The van der Waals surface area contributed by atoms with Crippen LogP contribution in [0.15, 0.2) is 108 Å². The summed E-state index contributed by atoms with van der Waals surface area (Å²) in [6.07, 6.45) is 3.86. The van der Waals surface area contributed by atoms with Gasteiger partial charge >= 0.3 is 0 Å². The van der Waals surface area contributed by atoms with Crippen molar-refractivity contribution in [3.63, 3.8) is 0 Å². The topological polar surface area (TPSA) is 86.8 Å². The number of sulfonamides is 1. The molecule has 5 rings (SSSR count). The van der Waals surface area contributed by atoms with E-state index in [2.05, 4.69) is 5.32 Å². The van der Waals surface area contributed by atoms with Crippen LogP contribution in [0.1, 0.15) is 36.8 Å². The van der Waals surface area contributed by atoms with Gasteiger partial charge < -0.3 is 10.2 Å². The fraction of sp³-hybridized carbons (Fsp3) is 0.257. The summed E-state index contributed by atoms with van der Waals surface area (Å²) in [4.78, 5) is 29.9. The van der Waals surface area contributed by atoms with E-state index in [1.54, 1.807) is 36.4 Å². The summed E-state index contributed by atoms with van der Waals surface area (Å²) < 4.78 is 42.9. The predicted octanol–water partition coefficient (Wildman–Crippen LogP) is 7.03. The minimum Gasteiger partial charge on any atom is -0.352 e. The van der Waals surface area contributed by atoms with Gasteiger partial charge in [-0.05, 0) is 72.5 Å². The minimum atomic E-state index is -4.29. The van der Waals surface area contributed by atoms with Crippen molar-refractivity contribution in [2.75, 3.05) is 10.8 Å². The van der Waals surface area contributed by atoms with Crippen LogP contribution in [0.3, 0.4) is 0 Å². The molecule has 0 spiro atoms. The number of anilines is 1. The van der Waals surface area contributed by atoms with E-state index in [4.69, 9.17) is 23.2 Å². The van der Waals surface area contributed by atoms with Crippen molar-refractivity contribution in [1.29, 1.82) is 0 Å². The molecule has 0 heterocycles. The van der Waals surface area contributed by atoms with Crippen molar-refractivity contribution >= 4 is 50.7 Å². The third-order valence-electron chi connectivity index (χ3n) is 8.05. The van der Waals surface area contributed by atoms with Gasteiger partial charge in [-0.3, -0.25) is 13.9 Å². The molecule has 0 aromatic heterocycles. The normalized spacial score (nSPS) is 14.1. The molecule has 0 saturated heterocycles. The summed E-state index contributed by atoms with van der Waals surface area (Å²) in [7, 11) is -4.29. The lowest BCUT2D eigenvalue weighted by Crippen LogP contribution is -2.54. The van der Waals surface area contributed by atoms with E-state index in [1.807, 2.05) is 30.3 Å². The van der Waals surface area contributed by atoms with Crippen molar-refractivity contribution in [2.45, 2.75) is 55.6 Å². The number of hydrogen-bond donors (Lipinski definition) is 1. The summed E-state index contributed by atoms with van der Waals surface area (Å²) in [6, 6.07) is 25.7. The van der Waals surface area contributed by atoms with Crippen LogP contribution < -0.4 is 9.62 Å². The maximum Gasteiger partial charge on any atom is 0.264 e. The highest BCUT2D eigenvalue weighted by atomic mass is 35.5. The molecule has 0 radical (unpaired) electrons. The number of carbonyl (C=O) groups excluding carboxylic acids is 2. The molecule has 240 valence electrons. The second-order valence-electron chi connectivity index (χ2n) is 11.3. The fourth-order valence-corrected chi connectivity index (χ4v) is 7.51. The molecule has 4 aromatic carbocycles. The molecule has 11 heteroatoms. The van der Waals surface area contributed by atoms with Gasteiger partial charge in [-0.2, -0.15) is 0 Å². The van der Waals surface area contributed by atoms with Crippen LogP contribution in [-0.2, 0) is 32.6 Å².